The summed E-state index contributed by atoms with van der Waals surface area (Å²) in [7, 11) is 0. The van der Waals surface area contributed by atoms with Crippen LogP contribution < -0.4 is 5.32 Å². The van der Waals surface area contributed by atoms with Crippen molar-refractivity contribution in [2.75, 3.05) is 13.2 Å². The lowest BCUT2D eigenvalue weighted by molar-refractivity contribution is 0.0911. The summed E-state index contributed by atoms with van der Waals surface area (Å²) in [5, 5.41) is 17.9. The van der Waals surface area contributed by atoms with Gasteiger partial charge in [0.15, 0.2) is 0 Å². The average Bonchev–Trinajstić information content (AvgIpc) is 2.67. The number of H-pyrrole nitrogens is 1. The minimum Gasteiger partial charge on any atom is -0.396 e. The van der Waals surface area contributed by atoms with Crippen LogP contribution in [-0.2, 0) is 0 Å². The van der Waals surface area contributed by atoms with Crippen LogP contribution in [0.4, 0.5) is 0 Å². The third kappa shape index (κ3) is 2.85. The second-order valence-corrected chi connectivity index (χ2v) is 3.99. The maximum Gasteiger partial charge on any atom is 0.254 e. The number of amides is 1. The predicted molar refractivity (Wildman–Crippen MR) is 51.8 cm³/mol. The Bertz CT molecular complexity index is 293. The molecule has 0 aliphatic heterocycles. The Morgan fingerprint density at radius 1 is 1.71 bits per heavy atom. The highest BCUT2D eigenvalue weighted by Crippen LogP contribution is 2.11. The molecule has 0 unspecified atom stereocenters. The van der Waals surface area contributed by atoms with Gasteiger partial charge >= 0.3 is 0 Å². The number of carbonyl (C=O) groups excluding carboxylic acids is 1. The van der Waals surface area contributed by atoms with Crippen molar-refractivity contribution in [2.24, 2.45) is 5.41 Å². The molecule has 0 bridgehead atoms. The SMILES string of the molecule is CC(C)(CO)CNC(=O)c1cn[nH]c1. The number of aromatic nitrogens is 2. The van der Waals surface area contributed by atoms with Gasteiger partial charge in [-0.3, -0.25) is 9.89 Å². The fourth-order valence-corrected chi connectivity index (χ4v) is 0.853. The van der Waals surface area contributed by atoms with Crippen molar-refractivity contribution in [3.63, 3.8) is 0 Å². The molecule has 0 atom stereocenters. The van der Waals surface area contributed by atoms with Gasteiger partial charge in [0.1, 0.15) is 0 Å². The number of nitrogens with one attached hydrogen (secondary N) is 2. The Morgan fingerprint density at radius 3 is 2.93 bits per heavy atom. The van der Waals surface area contributed by atoms with Crippen LogP contribution in [0.2, 0.25) is 0 Å². The minimum atomic E-state index is -0.292. The van der Waals surface area contributed by atoms with Crippen molar-refractivity contribution in [3.05, 3.63) is 18.0 Å². The molecule has 1 amide bonds. The molecule has 0 saturated heterocycles. The zero-order valence-electron chi connectivity index (χ0n) is 8.37. The number of hydrogen-bond acceptors (Lipinski definition) is 3. The Balaban J connectivity index is 2.43. The highest BCUT2D eigenvalue weighted by Gasteiger charge is 2.18. The molecular formula is C9H15N3O2. The van der Waals surface area contributed by atoms with E-state index in [0.717, 1.165) is 0 Å². The van der Waals surface area contributed by atoms with Crippen LogP contribution >= 0.6 is 0 Å². The molecule has 0 aliphatic rings. The van der Waals surface area contributed by atoms with Gasteiger partial charge in [-0.1, -0.05) is 13.8 Å². The van der Waals surface area contributed by atoms with E-state index in [9.17, 15) is 4.79 Å². The second-order valence-electron chi connectivity index (χ2n) is 3.99. The Hall–Kier alpha value is -1.36. The first kappa shape index (κ1) is 10.7. The number of aliphatic hydroxyl groups is 1. The highest BCUT2D eigenvalue weighted by molar-refractivity contribution is 5.93. The van der Waals surface area contributed by atoms with E-state index in [2.05, 4.69) is 15.5 Å². The van der Waals surface area contributed by atoms with Gasteiger partial charge in [0.05, 0.1) is 11.8 Å². The summed E-state index contributed by atoms with van der Waals surface area (Å²) in [5.41, 5.74) is 0.207. The first-order valence-electron chi connectivity index (χ1n) is 4.43. The number of hydrogen-bond donors (Lipinski definition) is 3. The molecule has 1 aromatic heterocycles. The van der Waals surface area contributed by atoms with Crippen LogP contribution in [-0.4, -0.2) is 34.4 Å². The maximum atomic E-state index is 11.4. The third-order valence-electron chi connectivity index (χ3n) is 1.92. The lowest BCUT2D eigenvalue weighted by Gasteiger charge is -2.21. The number of nitrogens with zero attached hydrogens (tertiary/aromatic N) is 1. The van der Waals surface area contributed by atoms with E-state index in [4.69, 9.17) is 5.11 Å². The van der Waals surface area contributed by atoms with Gasteiger partial charge < -0.3 is 10.4 Å². The predicted octanol–water partition coefficient (Wildman–Crippen LogP) is 0.158. The van der Waals surface area contributed by atoms with Crippen LogP contribution in [0.25, 0.3) is 0 Å². The van der Waals surface area contributed by atoms with E-state index < -0.39 is 0 Å². The smallest absolute Gasteiger partial charge is 0.254 e. The second kappa shape index (κ2) is 4.23. The Kier molecular flexibility index (Phi) is 3.24. The molecule has 1 heterocycles. The van der Waals surface area contributed by atoms with Gasteiger partial charge in [0.2, 0.25) is 0 Å². The molecule has 14 heavy (non-hydrogen) atoms. The van der Waals surface area contributed by atoms with Gasteiger partial charge in [-0.2, -0.15) is 5.10 Å². The standard InChI is InChI=1S/C9H15N3O2/c1-9(2,6-13)5-10-8(14)7-3-11-12-4-7/h3-4,13H,5-6H2,1-2H3,(H,10,14)(H,11,12). The first-order chi connectivity index (χ1) is 6.55. The van der Waals surface area contributed by atoms with E-state index >= 15 is 0 Å². The quantitative estimate of drug-likeness (QED) is 0.643. The lowest BCUT2D eigenvalue weighted by Crippen LogP contribution is -2.35. The van der Waals surface area contributed by atoms with Crippen LogP contribution in [0.15, 0.2) is 12.4 Å². The highest BCUT2D eigenvalue weighted by atomic mass is 16.3. The zero-order valence-corrected chi connectivity index (χ0v) is 8.37. The van der Waals surface area contributed by atoms with Gasteiger partial charge in [0.25, 0.3) is 5.91 Å². The lowest BCUT2D eigenvalue weighted by atomic mass is 9.95. The van der Waals surface area contributed by atoms with E-state index in [1.54, 1.807) is 0 Å². The minimum absolute atomic E-state index is 0.0403. The van der Waals surface area contributed by atoms with Crippen LogP contribution in [0.5, 0.6) is 0 Å². The van der Waals surface area contributed by atoms with Crippen molar-refractivity contribution in [2.45, 2.75) is 13.8 Å². The molecule has 0 radical (unpaired) electrons. The fourth-order valence-electron chi connectivity index (χ4n) is 0.853. The van der Waals surface area contributed by atoms with Gasteiger partial charge in [-0.15, -0.1) is 0 Å². The Morgan fingerprint density at radius 2 is 2.43 bits per heavy atom. The largest absolute Gasteiger partial charge is 0.396 e. The van der Waals surface area contributed by atoms with E-state index in [1.807, 2.05) is 13.8 Å². The van der Waals surface area contributed by atoms with Crippen LogP contribution in [0, 0.1) is 5.41 Å². The van der Waals surface area contributed by atoms with E-state index in [0.29, 0.717) is 12.1 Å². The molecule has 1 rings (SSSR count). The first-order valence-corrected chi connectivity index (χ1v) is 4.43. The van der Waals surface area contributed by atoms with E-state index in [1.165, 1.54) is 12.4 Å². The summed E-state index contributed by atoms with van der Waals surface area (Å²) in [6, 6.07) is 0. The van der Waals surface area contributed by atoms with Crippen LogP contribution in [0.3, 0.4) is 0 Å². The zero-order chi connectivity index (χ0) is 10.6. The molecular weight excluding hydrogens is 182 g/mol. The van der Waals surface area contributed by atoms with Crippen molar-refractivity contribution < 1.29 is 9.90 Å². The maximum absolute atomic E-state index is 11.4. The van der Waals surface area contributed by atoms with Crippen molar-refractivity contribution in [1.82, 2.24) is 15.5 Å². The molecule has 78 valence electrons. The summed E-state index contributed by atoms with van der Waals surface area (Å²) >= 11 is 0. The molecule has 1 aromatic rings. The van der Waals surface area contributed by atoms with Gasteiger partial charge in [0, 0.05) is 24.8 Å². The molecule has 0 fully saturated rings. The number of aliphatic hydroxyl groups excluding tert-OH is 1. The summed E-state index contributed by atoms with van der Waals surface area (Å²) in [4.78, 5) is 11.4. The van der Waals surface area contributed by atoms with Crippen LogP contribution in [0.1, 0.15) is 24.2 Å². The molecule has 0 saturated carbocycles. The molecule has 0 spiro atoms. The molecule has 5 heteroatoms. The topological polar surface area (TPSA) is 78.0 Å². The summed E-state index contributed by atoms with van der Waals surface area (Å²) in [5.74, 6) is -0.180. The molecule has 5 nitrogen and oxygen atoms in total. The van der Waals surface area contributed by atoms with Gasteiger partial charge in [-0.25, -0.2) is 0 Å². The molecule has 0 aromatic carbocycles. The molecule has 0 aliphatic carbocycles. The van der Waals surface area contributed by atoms with Gasteiger partial charge in [-0.05, 0) is 0 Å². The number of carbonyl (C=O) groups is 1. The van der Waals surface area contributed by atoms with Crippen molar-refractivity contribution >= 4 is 5.91 Å². The Labute approximate surface area is 82.5 Å². The fraction of sp³-hybridized carbons (Fsp3) is 0.556. The molecule has 3 N–H and O–H groups in total. The monoisotopic (exact) mass is 197 g/mol. The summed E-state index contributed by atoms with van der Waals surface area (Å²) < 4.78 is 0. The average molecular weight is 197 g/mol. The summed E-state index contributed by atoms with van der Waals surface area (Å²) in [6.07, 6.45) is 2.99. The number of rotatable bonds is 4. The third-order valence-corrected chi connectivity index (χ3v) is 1.92. The van der Waals surface area contributed by atoms with Crippen molar-refractivity contribution in [3.8, 4) is 0 Å². The van der Waals surface area contributed by atoms with Crippen molar-refractivity contribution in [1.29, 1.82) is 0 Å². The number of aromatic amines is 1. The van der Waals surface area contributed by atoms with E-state index in [-0.39, 0.29) is 17.9 Å². The summed E-state index contributed by atoms with van der Waals surface area (Å²) in [6.45, 7) is 4.23. The normalized spacial score (nSPS) is 11.4.